The summed E-state index contributed by atoms with van der Waals surface area (Å²) in [5, 5.41) is 1.04. The average Bonchev–Trinajstić information content (AvgIpc) is 3.09. The van der Waals surface area contributed by atoms with Crippen molar-refractivity contribution in [2.24, 2.45) is 0 Å². The van der Waals surface area contributed by atoms with E-state index in [2.05, 4.69) is 15.0 Å². The quantitative estimate of drug-likeness (QED) is 0.561. The van der Waals surface area contributed by atoms with Gasteiger partial charge in [0.15, 0.2) is 5.82 Å². The van der Waals surface area contributed by atoms with Crippen LogP contribution in [0.3, 0.4) is 0 Å². The van der Waals surface area contributed by atoms with Gasteiger partial charge in [0, 0.05) is 29.5 Å². The van der Waals surface area contributed by atoms with E-state index in [0.717, 1.165) is 28.0 Å². The Morgan fingerprint density at radius 2 is 1.76 bits per heavy atom. The van der Waals surface area contributed by atoms with Crippen LogP contribution in [0.15, 0.2) is 73.4 Å². The van der Waals surface area contributed by atoms with Crippen LogP contribution in [0.2, 0.25) is 0 Å². The number of imidazole rings is 1. The molecule has 0 bridgehead atoms. The van der Waals surface area contributed by atoms with Crippen LogP contribution in [0, 0.1) is 0 Å². The Labute approximate surface area is 121 Å². The summed E-state index contributed by atoms with van der Waals surface area (Å²) in [6.07, 6.45) is 7.32. The molecule has 0 radical (unpaired) electrons. The number of aromatic nitrogens is 4. The zero-order valence-corrected chi connectivity index (χ0v) is 11.2. The molecular formula is C17H12N4. The zero-order valence-electron chi connectivity index (χ0n) is 11.2. The maximum absolute atomic E-state index is 4.67. The lowest BCUT2D eigenvalue weighted by Crippen LogP contribution is -1.97. The summed E-state index contributed by atoms with van der Waals surface area (Å²) in [6, 6.07) is 16.1. The predicted molar refractivity (Wildman–Crippen MR) is 82.1 cm³/mol. The van der Waals surface area contributed by atoms with Gasteiger partial charge >= 0.3 is 0 Å². The number of benzene rings is 2. The standard InChI is InChI=1S/C17H12N4/c1-3-7-15-13(5-1)11-19-17(20-15)14-6-2-4-8-16(14)21-10-9-18-12-21/h1-12H. The van der Waals surface area contributed by atoms with Crippen molar-refractivity contribution >= 4 is 10.9 Å². The molecule has 0 aliphatic rings. The van der Waals surface area contributed by atoms with Gasteiger partial charge in [-0.3, -0.25) is 0 Å². The molecule has 0 N–H and O–H groups in total. The number of para-hydroxylation sites is 2. The van der Waals surface area contributed by atoms with E-state index in [-0.39, 0.29) is 0 Å². The average molecular weight is 272 g/mol. The fourth-order valence-corrected chi connectivity index (χ4v) is 2.39. The van der Waals surface area contributed by atoms with Crippen molar-refractivity contribution < 1.29 is 0 Å². The van der Waals surface area contributed by atoms with E-state index in [1.54, 1.807) is 12.5 Å². The summed E-state index contributed by atoms with van der Waals surface area (Å²) in [4.78, 5) is 13.3. The number of hydrogen-bond acceptors (Lipinski definition) is 3. The molecule has 0 atom stereocenters. The fraction of sp³-hybridized carbons (Fsp3) is 0. The molecule has 2 aromatic heterocycles. The van der Waals surface area contributed by atoms with E-state index in [4.69, 9.17) is 0 Å². The molecule has 0 saturated carbocycles. The third-order valence-corrected chi connectivity index (χ3v) is 3.42. The summed E-state index contributed by atoms with van der Waals surface area (Å²) in [5.74, 6) is 0.720. The number of fused-ring (bicyclic) bond motifs is 1. The molecule has 0 aliphatic heterocycles. The summed E-state index contributed by atoms with van der Waals surface area (Å²) >= 11 is 0. The Morgan fingerprint density at radius 1 is 0.905 bits per heavy atom. The van der Waals surface area contributed by atoms with Crippen LogP contribution in [0.4, 0.5) is 0 Å². The number of hydrogen-bond donors (Lipinski definition) is 0. The smallest absolute Gasteiger partial charge is 0.161 e. The van der Waals surface area contributed by atoms with Crippen LogP contribution in [-0.4, -0.2) is 19.5 Å². The zero-order chi connectivity index (χ0) is 14.1. The molecule has 0 amide bonds. The van der Waals surface area contributed by atoms with Crippen molar-refractivity contribution in [1.82, 2.24) is 19.5 Å². The molecule has 4 rings (SSSR count). The molecule has 4 aromatic rings. The maximum Gasteiger partial charge on any atom is 0.161 e. The highest BCUT2D eigenvalue weighted by Gasteiger charge is 2.09. The van der Waals surface area contributed by atoms with Crippen LogP contribution >= 0.6 is 0 Å². The Kier molecular flexibility index (Phi) is 2.71. The molecule has 4 nitrogen and oxygen atoms in total. The highest BCUT2D eigenvalue weighted by molar-refractivity contribution is 5.80. The Bertz CT molecular complexity index is 897. The van der Waals surface area contributed by atoms with E-state index >= 15 is 0 Å². The summed E-state index contributed by atoms with van der Waals surface area (Å²) < 4.78 is 1.97. The maximum atomic E-state index is 4.67. The van der Waals surface area contributed by atoms with Gasteiger partial charge in [-0.1, -0.05) is 30.3 Å². The minimum Gasteiger partial charge on any atom is -0.306 e. The van der Waals surface area contributed by atoms with Crippen LogP contribution in [0.25, 0.3) is 28.0 Å². The predicted octanol–water partition coefficient (Wildman–Crippen LogP) is 3.48. The van der Waals surface area contributed by atoms with Crippen LogP contribution in [0.5, 0.6) is 0 Å². The van der Waals surface area contributed by atoms with Crippen molar-refractivity contribution in [1.29, 1.82) is 0 Å². The lowest BCUT2D eigenvalue weighted by Gasteiger charge is -2.09. The molecule has 0 fully saturated rings. The van der Waals surface area contributed by atoms with Gasteiger partial charge in [0.2, 0.25) is 0 Å². The van der Waals surface area contributed by atoms with Crippen molar-refractivity contribution in [2.75, 3.05) is 0 Å². The van der Waals surface area contributed by atoms with Gasteiger partial charge in [0.1, 0.15) is 0 Å². The lowest BCUT2D eigenvalue weighted by molar-refractivity contribution is 1.05. The second-order valence-electron chi connectivity index (χ2n) is 4.74. The highest BCUT2D eigenvalue weighted by atomic mass is 15.0. The molecule has 4 heteroatoms. The summed E-state index contributed by atoms with van der Waals surface area (Å²) in [5.41, 5.74) is 2.95. The minimum atomic E-state index is 0.720. The minimum absolute atomic E-state index is 0.720. The first kappa shape index (κ1) is 11.8. The molecule has 100 valence electrons. The first-order valence-electron chi connectivity index (χ1n) is 6.71. The van der Waals surface area contributed by atoms with Gasteiger partial charge in [-0.15, -0.1) is 0 Å². The van der Waals surface area contributed by atoms with Crippen LogP contribution in [-0.2, 0) is 0 Å². The first-order chi connectivity index (χ1) is 10.4. The van der Waals surface area contributed by atoms with Gasteiger partial charge < -0.3 is 4.57 Å². The van der Waals surface area contributed by atoms with E-state index in [0.29, 0.717) is 0 Å². The number of nitrogens with zero attached hydrogens (tertiary/aromatic N) is 4. The topological polar surface area (TPSA) is 43.6 Å². The van der Waals surface area contributed by atoms with Gasteiger partial charge in [0.25, 0.3) is 0 Å². The van der Waals surface area contributed by atoms with Crippen molar-refractivity contribution in [3.8, 4) is 17.1 Å². The Balaban J connectivity index is 1.93. The molecule has 0 unspecified atom stereocenters. The SMILES string of the molecule is c1ccc(-n2ccnc2)c(-c2ncc3ccccc3n2)c1. The second-order valence-corrected chi connectivity index (χ2v) is 4.74. The number of rotatable bonds is 2. The Hall–Kier alpha value is -3.01. The fourth-order valence-electron chi connectivity index (χ4n) is 2.39. The van der Waals surface area contributed by atoms with Crippen LogP contribution in [0.1, 0.15) is 0 Å². The second kappa shape index (κ2) is 4.83. The van der Waals surface area contributed by atoms with Crippen molar-refractivity contribution in [2.45, 2.75) is 0 Å². The van der Waals surface area contributed by atoms with Gasteiger partial charge in [0.05, 0.1) is 17.5 Å². The normalized spacial score (nSPS) is 10.9. The third-order valence-electron chi connectivity index (χ3n) is 3.42. The monoisotopic (exact) mass is 272 g/mol. The van der Waals surface area contributed by atoms with Gasteiger partial charge in [-0.05, 0) is 18.2 Å². The van der Waals surface area contributed by atoms with E-state index in [1.807, 2.05) is 65.5 Å². The molecule has 2 aromatic carbocycles. The van der Waals surface area contributed by atoms with Crippen molar-refractivity contribution in [3.63, 3.8) is 0 Å². The molecule has 2 heterocycles. The largest absolute Gasteiger partial charge is 0.306 e. The van der Waals surface area contributed by atoms with Gasteiger partial charge in [-0.25, -0.2) is 15.0 Å². The van der Waals surface area contributed by atoms with Crippen LogP contribution < -0.4 is 0 Å². The van der Waals surface area contributed by atoms with Crippen molar-refractivity contribution in [3.05, 3.63) is 73.4 Å². The summed E-state index contributed by atoms with van der Waals surface area (Å²) in [6.45, 7) is 0. The van der Waals surface area contributed by atoms with Gasteiger partial charge in [-0.2, -0.15) is 0 Å². The molecule has 0 aliphatic carbocycles. The highest BCUT2D eigenvalue weighted by Crippen LogP contribution is 2.24. The van der Waals surface area contributed by atoms with E-state index in [9.17, 15) is 0 Å². The Morgan fingerprint density at radius 3 is 2.67 bits per heavy atom. The molecular weight excluding hydrogens is 260 g/mol. The third kappa shape index (κ3) is 2.07. The first-order valence-corrected chi connectivity index (χ1v) is 6.71. The van der Waals surface area contributed by atoms with E-state index < -0.39 is 0 Å². The molecule has 0 saturated heterocycles. The van der Waals surface area contributed by atoms with E-state index in [1.165, 1.54) is 0 Å². The lowest BCUT2D eigenvalue weighted by atomic mass is 10.1. The molecule has 21 heavy (non-hydrogen) atoms. The summed E-state index contributed by atoms with van der Waals surface area (Å²) in [7, 11) is 0. The molecule has 0 spiro atoms.